The lowest BCUT2D eigenvalue weighted by Crippen LogP contribution is -2.11. The van der Waals surface area contributed by atoms with Gasteiger partial charge in [-0.2, -0.15) is 0 Å². The Morgan fingerprint density at radius 3 is 1.74 bits per heavy atom. The minimum absolute atomic E-state index is 0.0647. The molecule has 6 heteroatoms. The summed E-state index contributed by atoms with van der Waals surface area (Å²) in [6.45, 7) is 1.67. The Morgan fingerprint density at radius 2 is 1.30 bits per heavy atom. The average molecular weight is 313 g/mol. The van der Waals surface area contributed by atoms with E-state index in [4.69, 9.17) is 20.9 Å². The van der Waals surface area contributed by atoms with Crippen LogP contribution < -0.4 is 26.4 Å². The highest BCUT2D eigenvalue weighted by atomic mass is 16.5. The molecule has 3 aromatic rings. The van der Waals surface area contributed by atoms with E-state index in [0.717, 1.165) is 11.0 Å². The fourth-order valence-corrected chi connectivity index (χ4v) is 2.46. The predicted molar refractivity (Wildman–Crippen MR) is 91.2 cm³/mol. The number of aromatic amines is 1. The van der Waals surface area contributed by atoms with Gasteiger partial charge < -0.3 is 25.9 Å². The van der Waals surface area contributed by atoms with Crippen LogP contribution in [0.1, 0.15) is 0 Å². The van der Waals surface area contributed by atoms with Gasteiger partial charge in [0.05, 0.1) is 11.0 Å². The molecular weight excluding hydrogens is 294 g/mol. The smallest absolute Gasteiger partial charge is 0.197 e. The van der Waals surface area contributed by atoms with Gasteiger partial charge in [-0.05, 0) is 36.4 Å². The summed E-state index contributed by atoms with van der Waals surface area (Å²) in [5.74, 6) is 1.26. The average Bonchev–Trinajstić information content (AvgIpc) is 2.59. The highest BCUT2D eigenvalue weighted by Gasteiger charge is 2.08. The molecule has 0 bridgehead atoms. The molecule has 0 spiro atoms. The first kappa shape index (κ1) is 15.3. The molecule has 0 amide bonds. The van der Waals surface area contributed by atoms with Crippen molar-refractivity contribution in [1.82, 2.24) is 4.98 Å². The van der Waals surface area contributed by atoms with E-state index in [-0.39, 0.29) is 5.43 Å². The van der Waals surface area contributed by atoms with Crippen LogP contribution >= 0.6 is 0 Å². The van der Waals surface area contributed by atoms with Crippen LogP contribution in [-0.2, 0) is 0 Å². The third kappa shape index (κ3) is 3.13. The lowest BCUT2D eigenvalue weighted by molar-refractivity contribution is 0.329. The van der Waals surface area contributed by atoms with Crippen molar-refractivity contribution in [1.29, 1.82) is 0 Å². The van der Waals surface area contributed by atoms with Gasteiger partial charge in [0.25, 0.3) is 0 Å². The number of nitrogens with one attached hydrogen (secondary N) is 1. The van der Waals surface area contributed by atoms with Crippen molar-refractivity contribution < 1.29 is 9.47 Å². The zero-order chi connectivity index (χ0) is 16.2. The largest absolute Gasteiger partial charge is 0.492 e. The molecule has 5 N–H and O–H groups in total. The van der Waals surface area contributed by atoms with Crippen molar-refractivity contribution in [2.45, 2.75) is 0 Å². The van der Waals surface area contributed by atoms with Crippen LogP contribution in [0.4, 0.5) is 0 Å². The van der Waals surface area contributed by atoms with E-state index >= 15 is 0 Å². The first-order valence-corrected chi connectivity index (χ1v) is 7.48. The lowest BCUT2D eigenvalue weighted by atomic mass is 10.1. The number of ether oxygens (including phenoxy) is 2. The molecule has 0 aliphatic rings. The highest BCUT2D eigenvalue weighted by molar-refractivity contribution is 5.93. The standard InChI is InChI=1S/C17H19N3O3/c18-5-7-22-11-1-3-15-13(9-11)17(21)14-10-12(23-8-6-19)2-4-16(14)20-15/h1-4,9-10H,5-8,18-19H2,(H,20,21). The van der Waals surface area contributed by atoms with Gasteiger partial charge in [-0.25, -0.2) is 0 Å². The number of fused-ring (bicyclic) bond motifs is 2. The van der Waals surface area contributed by atoms with Crippen LogP contribution in [0, 0.1) is 0 Å². The summed E-state index contributed by atoms with van der Waals surface area (Å²) in [7, 11) is 0. The van der Waals surface area contributed by atoms with Crippen molar-refractivity contribution in [2.75, 3.05) is 26.3 Å². The number of hydrogen-bond donors (Lipinski definition) is 3. The Kier molecular flexibility index (Phi) is 4.45. The van der Waals surface area contributed by atoms with Crippen LogP contribution in [0.25, 0.3) is 21.8 Å². The van der Waals surface area contributed by atoms with Crippen molar-refractivity contribution in [2.24, 2.45) is 11.5 Å². The number of benzene rings is 2. The molecule has 0 saturated heterocycles. The minimum atomic E-state index is -0.0647. The van der Waals surface area contributed by atoms with Gasteiger partial charge in [-0.15, -0.1) is 0 Å². The molecule has 1 heterocycles. The molecular formula is C17H19N3O3. The summed E-state index contributed by atoms with van der Waals surface area (Å²) in [4.78, 5) is 16.0. The topological polar surface area (TPSA) is 103 Å². The SMILES string of the molecule is NCCOc1ccc2[nH]c3ccc(OCCN)cc3c(=O)c2c1. The molecule has 0 aliphatic heterocycles. The van der Waals surface area contributed by atoms with Crippen LogP contribution in [-0.4, -0.2) is 31.3 Å². The van der Waals surface area contributed by atoms with E-state index in [1.54, 1.807) is 12.1 Å². The molecule has 0 saturated carbocycles. The monoisotopic (exact) mass is 313 g/mol. The molecule has 0 atom stereocenters. The number of nitrogens with two attached hydrogens (primary N) is 2. The fraction of sp³-hybridized carbons (Fsp3) is 0.235. The zero-order valence-corrected chi connectivity index (χ0v) is 12.7. The molecule has 0 unspecified atom stereocenters. The fourth-order valence-electron chi connectivity index (χ4n) is 2.46. The number of pyridine rings is 1. The van der Waals surface area contributed by atoms with E-state index in [9.17, 15) is 4.79 Å². The summed E-state index contributed by atoms with van der Waals surface area (Å²) in [5.41, 5.74) is 12.3. The summed E-state index contributed by atoms with van der Waals surface area (Å²) < 4.78 is 11.0. The van der Waals surface area contributed by atoms with Crippen LogP contribution in [0.5, 0.6) is 11.5 Å². The first-order valence-electron chi connectivity index (χ1n) is 7.48. The predicted octanol–water partition coefficient (Wildman–Crippen LogP) is 1.36. The summed E-state index contributed by atoms with van der Waals surface area (Å²) >= 11 is 0. The van der Waals surface area contributed by atoms with Gasteiger partial charge in [-0.1, -0.05) is 0 Å². The second-order valence-corrected chi connectivity index (χ2v) is 5.14. The normalized spacial score (nSPS) is 11.0. The number of aromatic nitrogens is 1. The van der Waals surface area contributed by atoms with Gasteiger partial charge in [0.1, 0.15) is 24.7 Å². The third-order valence-corrected chi connectivity index (χ3v) is 3.51. The van der Waals surface area contributed by atoms with Crippen molar-refractivity contribution >= 4 is 21.8 Å². The molecule has 6 nitrogen and oxygen atoms in total. The Morgan fingerprint density at radius 1 is 0.826 bits per heavy atom. The van der Waals surface area contributed by atoms with E-state index < -0.39 is 0 Å². The van der Waals surface area contributed by atoms with E-state index in [1.807, 2.05) is 24.3 Å². The van der Waals surface area contributed by atoms with Gasteiger partial charge in [0.2, 0.25) is 0 Å². The third-order valence-electron chi connectivity index (χ3n) is 3.51. The zero-order valence-electron chi connectivity index (χ0n) is 12.7. The molecule has 0 fully saturated rings. The van der Waals surface area contributed by atoms with Gasteiger partial charge in [-0.3, -0.25) is 4.79 Å². The van der Waals surface area contributed by atoms with Crippen LogP contribution in [0.15, 0.2) is 41.2 Å². The number of hydrogen-bond acceptors (Lipinski definition) is 5. The maximum Gasteiger partial charge on any atom is 0.197 e. The summed E-state index contributed by atoms with van der Waals surface area (Å²) in [6.07, 6.45) is 0. The second kappa shape index (κ2) is 6.68. The Bertz CT molecular complexity index is 820. The maximum atomic E-state index is 12.8. The highest BCUT2D eigenvalue weighted by Crippen LogP contribution is 2.22. The Hall–Kier alpha value is -2.57. The van der Waals surface area contributed by atoms with Crippen molar-refractivity contribution in [3.8, 4) is 11.5 Å². The van der Waals surface area contributed by atoms with Crippen LogP contribution in [0.2, 0.25) is 0 Å². The molecule has 0 radical (unpaired) electrons. The Labute approximate surface area is 133 Å². The summed E-state index contributed by atoms with van der Waals surface area (Å²) in [6, 6.07) is 10.8. The van der Waals surface area contributed by atoms with Gasteiger partial charge in [0, 0.05) is 23.9 Å². The molecule has 120 valence electrons. The molecule has 0 aliphatic carbocycles. The molecule has 2 aromatic carbocycles. The van der Waals surface area contributed by atoms with Gasteiger partial charge in [0.15, 0.2) is 5.43 Å². The second-order valence-electron chi connectivity index (χ2n) is 5.14. The van der Waals surface area contributed by atoms with E-state index in [0.29, 0.717) is 48.6 Å². The van der Waals surface area contributed by atoms with Crippen molar-refractivity contribution in [3.63, 3.8) is 0 Å². The summed E-state index contributed by atoms with van der Waals surface area (Å²) in [5, 5.41) is 1.14. The minimum Gasteiger partial charge on any atom is -0.492 e. The number of H-pyrrole nitrogens is 1. The molecule has 3 rings (SSSR count). The lowest BCUT2D eigenvalue weighted by Gasteiger charge is -2.09. The Balaban J connectivity index is 2.11. The van der Waals surface area contributed by atoms with E-state index in [1.165, 1.54) is 0 Å². The molecule has 23 heavy (non-hydrogen) atoms. The quantitative estimate of drug-likeness (QED) is 0.596. The van der Waals surface area contributed by atoms with E-state index in [2.05, 4.69) is 4.98 Å². The van der Waals surface area contributed by atoms with Crippen LogP contribution in [0.3, 0.4) is 0 Å². The van der Waals surface area contributed by atoms with Crippen molar-refractivity contribution in [3.05, 3.63) is 46.6 Å². The molecule has 1 aromatic heterocycles. The first-order chi connectivity index (χ1) is 11.2. The van der Waals surface area contributed by atoms with Gasteiger partial charge >= 0.3 is 0 Å². The number of rotatable bonds is 6. The maximum absolute atomic E-state index is 12.8.